The van der Waals surface area contributed by atoms with Crippen molar-refractivity contribution in [1.82, 2.24) is 0 Å². The third-order valence-corrected chi connectivity index (χ3v) is 4.49. The topological polar surface area (TPSA) is 64.3 Å². The number of para-hydroxylation sites is 1. The number of rotatable bonds is 5. The second-order valence-electron chi connectivity index (χ2n) is 6.10. The van der Waals surface area contributed by atoms with Gasteiger partial charge < -0.3 is 15.8 Å². The van der Waals surface area contributed by atoms with Crippen LogP contribution in [-0.2, 0) is 4.74 Å². The molecule has 0 aliphatic heterocycles. The van der Waals surface area contributed by atoms with E-state index in [9.17, 15) is 4.79 Å². The summed E-state index contributed by atoms with van der Waals surface area (Å²) in [6.45, 7) is 3.18. The molecule has 0 unspecified atom stereocenters. The van der Waals surface area contributed by atoms with Crippen LogP contribution in [0, 0.1) is 11.8 Å². The van der Waals surface area contributed by atoms with Crippen molar-refractivity contribution in [2.75, 3.05) is 24.7 Å². The Morgan fingerprint density at radius 1 is 1.33 bits per heavy atom. The highest BCUT2D eigenvalue weighted by atomic mass is 16.5. The molecule has 1 aliphatic carbocycles. The SMILES string of the molecule is COC(=O)c1cccc(N)c1NCCC1CCC(C)CC1. The lowest BCUT2D eigenvalue weighted by molar-refractivity contribution is 0.0602. The van der Waals surface area contributed by atoms with E-state index in [2.05, 4.69) is 12.2 Å². The molecule has 21 heavy (non-hydrogen) atoms. The monoisotopic (exact) mass is 290 g/mol. The Morgan fingerprint density at radius 2 is 2.05 bits per heavy atom. The second-order valence-corrected chi connectivity index (χ2v) is 6.10. The summed E-state index contributed by atoms with van der Waals surface area (Å²) >= 11 is 0. The van der Waals surface area contributed by atoms with E-state index in [1.165, 1.54) is 32.8 Å². The standard InChI is InChI=1S/C17H26N2O2/c1-12-6-8-13(9-7-12)10-11-19-16-14(17(20)21-2)4-3-5-15(16)18/h3-5,12-13,19H,6-11,18H2,1-2H3. The average molecular weight is 290 g/mol. The van der Waals surface area contributed by atoms with E-state index in [1.54, 1.807) is 18.2 Å². The zero-order chi connectivity index (χ0) is 15.2. The van der Waals surface area contributed by atoms with Crippen molar-refractivity contribution in [1.29, 1.82) is 0 Å². The zero-order valence-electron chi connectivity index (χ0n) is 13.0. The molecule has 0 heterocycles. The van der Waals surface area contributed by atoms with E-state index < -0.39 is 0 Å². The van der Waals surface area contributed by atoms with E-state index in [-0.39, 0.29) is 5.97 Å². The number of benzene rings is 1. The van der Waals surface area contributed by atoms with Crippen LogP contribution in [0.3, 0.4) is 0 Å². The smallest absolute Gasteiger partial charge is 0.340 e. The highest BCUT2D eigenvalue weighted by Crippen LogP contribution is 2.31. The molecular weight excluding hydrogens is 264 g/mol. The summed E-state index contributed by atoms with van der Waals surface area (Å²) in [5.41, 5.74) is 7.79. The second kappa shape index (κ2) is 7.34. The normalized spacial score (nSPS) is 21.8. The van der Waals surface area contributed by atoms with Gasteiger partial charge in [-0.15, -0.1) is 0 Å². The van der Waals surface area contributed by atoms with Crippen LogP contribution in [0.2, 0.25) is 0 Å². The van der Waals surface area contributed by atoms with Crippen molar-refractivity contribution in [3.05, 3.63) is 23.8 Å². The third-order valence-electron chi connectivity index (χ3n) is 4.49. The van der Waals surface area contributed by atoms with Gasteiger partial charge in [0.15, 0.2) is 0 Å². The highest BCUT2D eigenvalue weighted by molar-refractivity contribution is 5.98. The Kier molecular flexibility index (Phi) is 5.48. The molecule has 0 atom stereocenters. The number of ether oxygens (including phenoxy) is 1. The Morgan fingerprint density at radius 3 is 2.71 bits per heavy atom. The maximum absolute atomic E-state index is 11.8. The van der Waals surface area contributed by atoms with Gasteiger partial charge in [0, 0.05) is 6.54 Å². The predicted molar refractivity (Wildman–Crippen MR) is 86.4 cm³/mol. The number of nitrogens with one attached hydrogen (secondary N) is 1. The molecule has 1 aliphatic rings. The molecule has 0 spiro atoms. The van der Waals surface area contributed by atoms with Gasteiger partial charge in [0.05, 0.1) is 24.0 Å². The number of nitrogen functional groups attached to an aromatic ring is 1. The van der Waals surface area contributed by atoms with Gasteiger partial charge >= 0.3 is 5.97 Å². The molecule has 4 nitrogen and oxygen atoms in total. The minimum Gasteiger partial charge on any atom is -0.465 e. The molecule has 0 radical (unpaired) electrons. The zero-order valence-corrected chi connectivity index (χ0v) is 13.0. The summed E-state index contributed by atoms with van der Waals surface area (Å²) in [5, 5.41) is 3.33. The lowest BCUT2D eigenvalue weighted by Crippen LogP contribution is -2.17. The molecule has 3 N–H and O–H groups in total. The molecule has 1 saturated carbocycles. The molecule has 2 rings (SSSR count). The number of esters is 1. The number of nitrogens with two attached hydrogens (primary N) is 1. The number of hydrogen-bond acceptors (Lipinski definition) is 4. The highest BCUT2D eigenvalue weighted by Gasteiger charge is 2.18. The van der Waals surface area contributed by atoms with Crippen molar-refractivity contribution >= 4 is 17.3 Å². The van der Waals surface area contributed by atoms with Crippen LogP contribution in [0.15, 0.2) is 18.2 Å². The number of carbonyl (C=O) groups is 1. The maximum Gasteiger partial charge on any atom is 0.340 e. The molecule has 0 amide bonds. The van der Waals surface area contributed by atoms with Gasteiger partial charge in [0.2, 0.25) is 0 Å². The van der Waals surface area contributed by atoms with Crippen LogP contribution in [0.25, 0.3) is 0 Å². The minimum absolute atomic E-state index is 0.351. The van der Waals surface area contributed by atoms with Gasteiger partial charge in [0.25, 0.3) is 0 Å². The van der Waals surface area contributed by atoms with E-state index >= 15 is 0 Å². The van der Waals surface area contributed by atoms with Gasteiger partial charge in [-0.05, 0) is 30.4 Å². The van der Waals surface area contributed by atoms with Crippen LogP contribution in [0.4, 0.5) is 11.4 Å². The Labute approximate surface area is 127 Å². The first kappa shape index (κ1) is 15.7. The molecule has 1 aromatic carbocycles. The van der Waals surface area contributed by atoms with Crippen molar-refractivity contribution in [2.24, 2.45) is 11.8 Å². The number of anilines is 2. The van der Waals surface area contributed by atoms with E-state index in [1.807, 2.05) is 0 Å². The maximum atomic E-state index is 11.8. The summed E-state index contributed by atoms with van der Waals surface area (Å²) in [5.74, 6) is 1.32. The number of carbonyl (C=O) groups excluding carboxylic acids is 1. The van der Waals surface area contributed by atoms with Crippen LogP contribution < -0.4 is 11.1 Å². The molecule has 0 saturated heterocycles. The summed E-state index contributed by atoms with van der Waals surface area (Å²) in [6.07, 6.45) is 6.44. The van der Waals surface area contributed by atoms with Crippen molar-refractivity contribution in [2.45, 2.75) is 39.0 Å². The van der Waals surface area contributed by atoms with Gasteiger partial charge in [-0.25, -0.2) is 4.79 Å². The first-order chi connectivity index (χ1) is 10.1. The molecule has 1 aromatic rings. The molecule has 116 valence electrons. The minimum atomic E-state index is -0.351. The van der Waals surface area contributed by atoms with Gasteiger partial charge in [0.1, 0.15) is 0 Å². The average Bonchev–Trinajstić information content (AvgIpc) is 2.50. The van der Waals surface area contributed by atoms with Crippen LogP contribution in [0.5, 0.6) is 0 Å². The quantitative estimate of drug-likeness (QED) is 0.641. The largest absolute Gasteiger partial charge is 0.465 e. The molecule has 0 bridgehead atoms. The fourth-order valence-corrected chi connectivity index (χ4v) is 3.07. The van der Waals surface area contributed by atoms with Gasteiger partial charge in [-0.3, -0.25) is 0 Å². The number of methoxy groups -OCH3 is 1. The summed E-state index contributed by atoms with van der Waals surface area (Å²) in [7, 11) is 1.39. The van der Waals surface area contributed by atoms with E-state index in [0.29, 0.717) is 16.9 Å². The van der Waals surface area contributed by atoms with Crippen molar-refractivity contribution < 1.29 is 9.53 Å². The lowest BCUT2D eigenvalue weighted by atomic mass is 9.81. The first-order valence-corrected chi connectivity index (χ1v) is 7.82. The molecule has 0 aromatic heterocycles. The number of hydrogen-bond donors (Lipinski definition) is 2. The predicted octanol–water partition coefficient (Wildman–Crippen LogP) is 3.68. The third kappa shape index (κ3) is 4.13. The summed E-state index contributed by atoms with van der Waals surface area (Å²) < 4.78 is 4.81. The molecule has 4 heteroatoms. The fraction of sp³-hybridized carbons (Fsp3) is 0.588. The van der Waals surface area contributed by atoms with Crippen molar-refractivity contribution in [3.8, 4) is 0 Å². The Hall–Kier alpha value is -1.71. The summed E-state index contributed by atoms with van der Waals surface area (Å²) in [4.78, 5) is 11.8. The van der Waals surface area contributed by atoms with E-state index in [4.69, 9.17) is 10.5 Å². The molecule has 1 fully saturated rings. The van der Waals surface area contributed by atoms with Crippen LogP contribution in [0.1, 0.15) is 49.4 Å². The van der Waals surface area contributed by atoms with E-state index in [0.717, 1.165) is 24.8 Å². The molecular formula is C17H26N2O2. The Balaban J connectivity index is 1.92. The summed E-state index contributed by atoms with van der Waals surface area (Å²) in [6, 6.07) is 5.32. The van der Waals surface area contributed by atoms with Gasteiger partial charge in [-0.1, -0.05) is 38.7 Å². The van der Waals surface area contributed by atoms with Gasteiger partial charge in [-0.2, -0.15) is 0 Å². The Bertz CT molecular complexity index is 480. The van der Waals surface area contributed by atoms with Crippen molar-refractivity contribution in [3.63, 3.8) is 0 Å². The first-order valence-electron chi connectivity index (χ1n) is 7.82. The van der Waals surface area contributed by atoms with Crippen LogP contribution >= 0.6 is 0 Å². The lowest BCUT2D eigenvalue weighted by Gasteiger charge is -2.26. The van der Waals surface area contributed by atoms with Crippen LogP contribution in [-0.4, -0.2) is 19.6 Å². The fourth-order valence-electron chi connectivity index (χ4n) is 3.07.